The van der Waals surface area contributed by atoms with Gasteiger partial charge in [-0.2, -0.15) is 0 Å². The lowest BCUT2D eigenvalue weighted by molar-refractivity contribution is -0.0187. The summed E-state index contributed by atoms with van der Waals surface area (Å²) >= 11 is 0. The Morgan fingerprint density at radius 2 is 1.40 bits per heavy atom. The lowest BCUT2D eigenvalue weighted by atomic mass is 9.85. The molecule has 0 radical (unpaired) electrons. The highest BCUT2D eigenvalue weighted by Crippen LogP contribution is 2.37. The van der Waals surface area contributed by atoms with Gasteiger partial charge in [0.1, 0.15) is 0 Å². The van der Waals surface area contributed by atoms with Crippen LogP contribution in [-0.2, 0) is 4.74 Å². The summed E-state index contributed by atoms with van der Waals surface area (Å²) in [5, 5.41) is 10.7. The van der Waals surface area contributed by atoms with Gasteiger partial charge in [-0.3, -0.25) is 0 Å². The van der Waals surface area contributed by atoms with Gasteiger partial charge in [0.2, 0.25) is 0 Å². The third kappa shape index (κ3) is 3.27. The van der Waals surface area contributed by atoms with Crippen LogP contribution in [0.25, 0.3) is 0 Å². The molecule has 0 aromatic heterocycles. The second kappa shape index (κ2) is 7.22. The molecule has 0 fully saturated rings. The molecule has 0 spiro atoms. The van der Waals surface area contributed by atoms with Crippen LogP contribution in [0.1, 0.15) is 36.7 Å². The predicted octanol–water partition coefficient (Wildman–Crippen LogP) is 4.13. The molecule has 2 aromatic rings. The molecule has 0 unspecified atom stereocenters. The zero-order valence-electron chi connectivity index (χ0n) is 12.1. The molecule has 0 bridgehead atoms. The molecule has 0 saturated carbocycles. The van der Waals surface area contributed by atoms with E-state index in [1.807, 2.05) is 48.5 Å². The number of benzene rings is 2. The van der Waals surface area contributed by atoms with E-state index in [9.17, 15) is 5.11 Å². The summed E-state index contributed by atoms with van der Waals surface area (Å²) in [5.41, 5.74) is 2.05. The molecule has 0 saturated heterocycles. The molecular weight excluding hydrogens is 248 g/mol. The van der Waals surface area contributed by atoms with E-state index >= 15 is 0 Å². The van der Waals surface area contributed by atoms with Crippen LogP contribution in [0.4, 0.5) is 0 Å². The Labute approximate surface area is 121 Å². The Morgan fingerprint density at radius 1 is 0.900 bits per heavy atom. The third-order valence-electron chi connectivity index (χ3n) is 3.79. The minimum Gasteiger partial charge on any atom is -0.388 e. The topological polar surface area (TPSA) is 29.5 Å². The van der Waals surface area contributed by atoms with Crippen molar-refractivity contribution in [2.45, 2.75) is 25.6 Å². The SMILES string of the molecule is CC[C@H]([C@H](O)c1ccccc1)[C@@H](OC)c1ccccc1. The summed E-state index contributed by atoms with van der Waals surface area (Å²) in [7, 11) is 1.71. The summed E-state index contributed by atoms with van der Waals surface area (Å²) in [6.45, 7) is 2.09. The molecule has 3 atom stereocenters. The van der Waals surface area contributed by atoms with Gasteiger partial charge in [-0.15, -0.1) is 0 Å². The third-order valence-corrected chi connectivity index (χ3v) is 3.79. The highest BCUT2D eigenvalue weighted by molar-refractivity contribution is 5.22. The normalized spacial score (nSPS) is 15.6. The zero-order chi connectivity index (χ0) is 14.4. The Balaban J connectivity index is 2.26. The molecule has 0 aliphatic rings. The van der Waals surface area contributed by atoms with E-state index in [1.165, 1.54) is 0 Å². The monoisotopic (exact) mass is 270 g/mol. The standard InChI is InChI=1S/C18H22O2/c1-3-16(17(19)14-10-6-4-7-11-14)18(20-2)15-12-8-5-9-13-15/h4-13,16-19H,3H2,1-2H3/t16-,17-,18+/m1/s1. The molecule has 0 aliphatic heterocycles. The first kappa shape index (κ1) is 14.8. The van der Waals surface area contributed by atoms with Crippen molar-refractivity contribution in [3.63, 3.8) is 0 Å². The number of aliphatic hydroxyl groups is 1. The number of aliphatic hydroxyl groups excluding tert-OH is 1. The van der Waals surface area contributed by atoms with E-state index in [2.05, 4.69) is 19.1 Å². The highest BCUT2D eigenvalue weighted by Gasteiger charge is 2.29. The van der Waals surface area contributed by atoms with Gasteiger partial charge in [0.15, 0.2) is 0 Å². The van der Waals surface area contributed by atoms with Crippen LogP contribution in [0.3, 0.4) is 0 Å². The molecule has 0 heterocycles. The average Bonchev–Trinajstić information content (AvgIpc) is 2.53. The van der Waals surface area contributed by atoms with E-state index in [0.29, 0.717) is 0 Å². The van der Waals surface area contributed by atoms with Gasteiger partial charge in [-0.05, 0) is 17.5 Å². The Bertz CT molecular complexity index is 495. The van der Waals surface area contributed by atoms with E-state index < -0.39 is 6.10 Å². The van der Waals surface area contributed by atoms with Crippen molar-refractivity contribution >= 4 is 0 Å². The van der Waals surface area contributed by atoms with Gasteiger partial charge < -0.3 is 9.84 Å². The summed E-state index contributed by atoms with van der Waals surface area (Å²) in [6.07, 6.45) is 0.228. The quantitative estimate of drug-likeness (QED) is 0.855. The minimum atomic E-state index is -0.522. The highest BCUT2D eigenvalue weighted by atomic mass is 16.5. The van der Waals surface area contributed by atoms with Gasteiger partial charge >= 0.3 is 0 Å². The largest absolute Gasteiger partial charge is 0.388 e. The van der Waals surface area contributed by atoms with Crippen LogP contribution < -0.4 is 0 Å². The summed E-state index contributed by atoms with van der Waals surface area (Å²) in [6, 6.07) is 19.9. The van der Waals surface area contributed by atoms with Crippen molar-refractivity contribution in [1.82, 2.24) is 0 Å². The van der Waals surface area contributed by atoms with Crippen LogP contribution in [0.2, 0.25) is 0 Å². The van der Waals surface area contributed by atoms with E-state index in [1.54, 1.807) is 7.11 Å². The molecule has 2 nitrogen and oxygen atoms in total. The second-order valence-electron chi connectivity index (χ2n) is 4.99. The van der Waals surface area contributed by atoms with Crippen molar-refractivity contribution in [3.8, 4) is 0 Å². The van der Waals surface area contributed by atoms with Gasteiger partial charge in [-0.25, -0.2) is 0 Å². The molecule has 2 heteroatoms. The first-order valence-corrected chi connectivity index (χ1v) is 7.08. The fourth-order valence-corrected chi connectivity index (χ4v) is 2.70. The Hall–Kier alpha value is -1.64. The lowest BCUT2D eigenvalue weighted by Gasteiger charge is -2.30. The van der Waals surface area contributed by atoms with Crippen molar-refractivity contribution in [3.05, 3.63) is 71.8 Å². The van der Waals surface area contributed by atoms with Gasteiger partial charge in [0.05, 0.1) is 12.2 Å². The minimum absolute atomic E-state index is 0.0322. The van der Waals surface area contributed by atoms with Crippen molar-refractivity contribution in [1.29, 1.82) is 0 Å². The first-order chi connectivity index (χ1) is 9.77. The molecule has 2 rings (SSSR count). The lowest BCUT2D eigenvalue weighted by Crippen LogP contribution is -2.21. The Kier molecular flexibility index (Phi) is 5.33. The number of hydrogen-bond donors (Lipinski definition) is 1. The van der Waals surface area contributed by atoms with Crippen LogP contribution in [0.15, 0.2) is 60.7 Å². The molecular formula is C18H22O2. The van der Waals surface area contributed by atoms with Gasteiger partial charge in [0, 0.05) is 13.0 Å². The van der Waals surface area contributed by atoms with Crippen molar-refractivity contribution < 1.29 is 9.84 Å². The fraction of sp³-hybridized carbons (Fsp3) is 0.333. The maximum Gasteiger partial charge on any atom is 0.0877 e. The average molecular weight is 270 g/mol. The maximum absolute atomic E-state index is 10.7. The molecule has 0 amide bonds. The maximum atomic E-state index is 10.7. The molecule has 0 aliphatic carbocycles. The molecule has 106 valence electrons. The van der Waals surface area contributed by atoms with Crippen LogP contribution in [-0.4, -0.2) is 12.2 Å². The summed E-state index contributed by atoms with van der Waals surface area (Å²) in [5.74, 6) is 0.0322. The van der Waals surface area contributed by atoms with Crippen LogP contribution in [0, 0.1) is 5.92 Å². The van der Waals surface area contributed by atoms with Crippen molar-refractivity contribution in [2.75, 3.05) is 7.11 Å². The second-order valence-corrected chi connectivity index (χ2v) is 4.99. The molecule has 20 heavy (non-hydrogen) atoms. The number of methoxy groups -OCH3 is 1. The van der Waals surface area contributed by atoms with Crippen LogP contribution >= 0.6 is 0 Å². The van der Waals surface area contributed by atoms with E-state index in [0.717, 1.165) is 17.5 Å². The smallest absolute Gasteiger partial charge is 0.0877 e. The van der Waals surface area contributed by atoms with Gasteiger partial charge in [0.25, 0.3) is 0 Å². The van der Waals surface area contributed by atoms with E-state index in [4.69, 9.17) is 4.74 Å². The summed E-state index contributed by atoms with van der Waals surface area (Å²) < 4.78 is 5.67. The van der Waals surface area contributed by atoms with Crippen LogP contribution in [0.5, 0.6) is 0 Å². The van der Waals surface area contributed by atoms with Crippen molar-refractivity contribution in [2.24, 2.45) is 5.92 Å². The van der Waals surface area contributed by atoms with Gasteiger partial charge in [-0.1, -0.05) is 67.6 Å². The van der Waals surface area contributed by atoms with E-state index in [-0.39, 0.29) is 12.0 Å². The first-order valence-electron chi connectivity index (χ1n) is 7.08. The Morgan fingerprint density at radius 3 is 1.85 bits per heavy atom. The summed E-state index contributed by atoms with van der Waals surface area (Å²) in [4.78, 5) is 0. The zero-order valence-corrected chi connectivity index (χ0v) is 12.1. The fourth-order valence-electron chi connectivity index (χ4n) is 2.70. The number of rotatable bonds is 6. The molecule has 2 aromatic carbocycles. The number of hydrogen-bond acceptors (Lipinski definition) is 2. The molecule has 1 N–H and O–H groups in total. The predicted molar refractivity (Wildman–Crippen MR) is 81.4 cm³/mol. The number of ether oxygens (including phenoxy) is 1.